The quantitative estimate of drug-likeness (QED) is 0.870. The van der Waals surface area contributed by atoms with E-state index < -0.39 is 6.10 Å². The van der Waals surface area contributed by atoms with Crippen LogP contribution in [0.2, 0.25) is 0 Å². The zero-order chi connectivity index (χ0) is 16.3. The Labute approximate surface area is 131 Å². The van der Waals surface area contributed by atoms with Crippen LogP contribution in [-0.4, -0.2) is 36.6 Å². The lowest BCUT2D eigenvalue weighted by molar-refractivity contribution is -0.118. The van der Waals surface area contributed by atoms with Gasteiger partial charge in [0.25, 0.3) is 5.91 Å². The topological polar surface area (TPSA) is 69.6 Å². The largest absolute Gasteiger partial charge is 0.393 e. The van der Waals surface area contributed by atoms with Gasteiger partial charge >= 0.3 is 0 Å². The Kier molecular flexibility index (Phi) is 5.19. The highest BCUT2D eigenvalue weighted by molar-refractivity contribution is 5.98. The summed E-state index contributed by atoms with van der Waals surface area (Å²) in [6.07, 6.45) is 1.30. The number of aryl methyl sites for hydroxylation is 1. The van der Waals surface area contributed by atoms with Crippen LogP contribution in [0.25, 0.3) is 0 Å². The standard InChI is InChI=1S/C17H24N2O3/c1-11(2)15(20)8-9-18-17(22)13-4-6-14-12(10-13)5-7-16(21)19(14)3/h4,6,10-11,15,20H,5,7-9H2,1-3H3,(H,18,22). The lowest BCUT2D eigenvalue weighted by Gasteiger charge is -2.26. The minimum absolute atomic E-state index is 0.104. The van der Waals surface area contributed by atoms with Crippen molar-refractivity contribution in [1.29, 1.82) is 0 Å². The van der Waals surface area contributed by atoms with Crippen molar-refractivity contribution < 1.29 is 14.7 Å². The maximum absolute atomic E-state index is 12.2. The summed E-state index contributed by atoms with van der Waals surface area (Å²) in [4.78, 5) is 25.5. The number of nitrogens with zero attached hydrogens (tertiary/aromatic N) is 1. The van der Waals surface area contributed by atoms with E-state index in [0.717, 1.165) is 11.3 Å². The van der Waals surface area contributed by atoms with Gasteiger partial charge in [0.2, 0.25) is 5.91 Å². The molecule has 2 rings (SSSR count). The number of aliphatic hydroxyl groups excluding tert-OH is 1. The highest BCUT2D eigenvalue weighted by Gasteiger charge is 2.21. The van der Waals surface area contributed by atoms with Crippen LogP contribution in [-0.2, 0) is 11.2 Å². The van der Waals surface area contributed by atoms with E-state index in [1.54, 1.807) is 18.0 Å². The Morgan fingerprint density at radius 1 is 1.36 bits per heavy atom. The van der Waals surface area contributed by atoms with Crippen LogP contribution in [0, 0.1) is 5.92 Å². The zero-order valence-electron chi connectivity index (χ0n) is 13.4. The predicted octanol–water partition coefficient (Wildman–Crippen LogP) is 1.73. The van der Waals surface area contributed by atoms with Gasteiger partial charge in [-0.15, -0.1) is 0 Å². The normalized spacial score (nSPS) is 15.7. The van der Waals surface area contributed by atoms with Gasteiger partial charge in [0.1, 0.15) is 0 Å². The molecule has 5 nitrogen and oxygen atoms in total. The molecule has 1 aromatic rings. The molecule has 120 valence electrons. The van der Waals surface area contributed by atoms with Gasteiger partial charge in [-0.05, 0) is 42.5 Å². The Balaban J connectivity index is 1.98. The molecule has 22 heavy (non-hydrogen) atoms. The highest BCUT2D eigenvalue weighted by atomic mass is 16.3. The molecule has 1 atom stereocenters. The molecule has 0 spiro atoms. The Bertz CT molecular complexity index is 569. The number of carbonyl (C=O) groups excluding carboxylic acids is 2. The molecule has 0 aromatic heterocycles. The maximum Gasteiger partial charge on any atom is 0.251 e. The number of carbonyl (C=O) groups is 2. The number of rotatable bonds is 5. The molecule has 0 aliphatic carbocycles. The third kappa shape index (κ3) is 3.65. The van der Waals surface area contributed by atoms with E-state index in [2.05, 4.69) is 5.32 Å². The number of anilines is 1. The van der Waals surface area contributed by atoms with Crippen molar-refractivity contribution in [1.82, 2.24) is 5.32 Å². The fourth-order valence-corrected chi connectivity index (χ4v) is 2.57. The molecule has 1 aliphatic heterocycles. The first-order chi connectivity index (χ1) is 10.4. The molecule has 0 saturated carbocycles. The van der Waals surface area contributed by atoms with E-state index in [4.69, 9.17) is 0 Å². The molecule has 1 aliphatic rings. The van der Waals surface area contributed by atoms with Crippen molar-refractivity contribution in [2.75, 3.05) is 18.5 Å². The summed E-state index contributed by atoms with van der Waals surface area (Å²) in [6, 6.07) is 5.42. The van der Waals surface area contributed by atoms with Crippen LogP contribution in [0.5, 0.6) is 0 Å². The summed E-state index contributed by atoms with van der Waals surface area (Å²) in [6.45, 7) is 4.36. The predicted molar refractivity (Wildman–Crippen MR) is 86.0 cm³/mol. The van der Waals surface area contributed by atoms with Crippen molar-refractivity contribution in [3.05, 3.63) is 29.3 Å². The lowest BCUT2D eigenvalue weighted by Crippen LogP contribution is -2.32. The Morgan fingerprint density at radius 2 is 2.09 bits per heavy atom. The summed E-state index contributed by atoms with van der Waals surface area (Å²) < 4.78 is 0. The van der Waals surface area contributed by atoms with E-state index in [1.165, 1.54) is 0 Å². The molecular formula is C17H24N2O3. The average Bonchev–Trinajstić information content (AvgIpc) is 2.50. The minimum Gasteiger partial charge on any atom is -0.393 e. The molecule has 1 heterocycles. The van der Waals surface area contributed by atoms with Crippen LogP contribution in [0.3, 0.4) is 0 Å². The van der Waals surface area contributed by atoms with E-state index in [1.807, 2.05) is 26.0 Å². The summed E-state index contributed by atoms with van der Waals surface area (Å²) in [5.41, 5.74) is 2.50. The van der Waals surface area contributed by atoms with E-state index in [-0.39, 0.29) is 17.7 Å². The van der Waals surface area contributed by atoms with Crippen molar-refractivity contribution in [3.63, 3.8) is 0 Å². The molecule has 0 bridgehead atoms. The van der Waals surface area contributed by atoms with E-state index in [9.17, 15) is 14.7 Å². The summed E-state index contributed by atoms with van der Waals surface area (Å²) in [5.74, 6) is 0.152. The number of aliphatic hydroxyl groups is 1. The zero-order valence-corrected chi connectivity index (χ0v) is 13.4. The lowest BCUT2D eigenvalue weighted by atomic mass is 9.99. The van der Waals surface area contributed by atoms with Gasteiger partial charge < -0.3 is 15.3 Å². The van der Waals surface area contributed by atoms with Crippen LogP contribution < -0.4 is 10.2 Å². The third-order valence-corrected chi connectivity index (χ3v) is 4.18. The SMILES string of the molecule is CC(C)C(O)CCNC(=O)c1ccc2c(c1)CCC(=O)N2C. The number of fused-ring (bicyclic) bond motifs is 1. The monoisotopic (exact) mass is 304 g/mol. The number of benzene rings is 1. The Hall–Kier alpha value is -1.88. The fraction of sp³-hybridized carbons (Fsp3) is 0.529. The molecule has 2 amide bonds. The molecule has 0 radical (unpaired) electrons. The van der Waals surface area contributed by atoms with Gasteiger partial charge in [0, 0.05) is 31.3 Å². The van der Waals surface area contributed by atoms with Gasteiger partial charge in [0.05, 0.1) is 6.10 Å². The van der Waals surface area contributed by atoms with Crippen LogP contribution in [0.15, 0.2) is 18.2 Å². The second-order valence-electron chi connectivity index (χ2n) is 6.15. The summed E-state index contributed by atoms with van der Waals surface area (Å²) >= 11 is 0. The number of nitrogens with one attached hydrogen (secondary N) is 1. The molecule has 2 N–H and O–H groups in total. The first kappa shape index (κ1) is 16.5. The average molecular weight is 304 g/mol. The number of hydrogen-bond acceptors (Lipinski definition) is 3. The molecule has 0 fully saturated rings. The second-order valence-corrected chi connectivity index (χ2v) is 6.15. The molecule has 5 heteroatoms. The molecular weight excluding hydrogens is 280 g/mol. The summed E-state index contributed by atoms with van der Waals surface area (Å²) in [5, 5.41) is 12.6. The fourth-order valence-electron chi connectivity index (χ4n) is 2.57. The van der Waals surface area contributed by atoms with Gasteiger partial charge in [-0.2, -0.15) is 0 Å². The van der Waals surface area contributed by atoms with Crippen molar-refractivity contribution in [2.24, 2.45) is 5.92 Å². The van der Waals surface area contributed by atoms with E-state index in [0.29, 0.717) is 31.4 Å². The van der Waals surface area contributed by atoms with Crippen molar-refractivity contribution in [2.45, 2.75) is 39.2 Å². The van der Waals surface area contributed by atoms with Gasteiger partial charge in [0.15, 0.2) is 0 Å². The number of amides is 2. The highest BCUT2D eigenvalue weighted by Crippen LogP contribution is 2.27. The van der Waals surface area contributed by atoms with Gasteiger partial charge in [-0.25, -0.2) is 0 Å². The molecule has 1 aromatic carbocycles. The maximum atomic E-state index is 12.2. The first-order valence-corrected chi connectivity index (χ1v) is 7.76. The first-order valence-electron chi connectivity index (χ1n) is 7.76. The van der Waals surface area contributed by atoms with Crippen molar-refractivity contribution >= 4 is 17.5 Å². The third-order valence-electron chi connectivity index (χ3n) is 4.18. The van der Waals surface area contributed by atoms with Crippen LogP contribution in [0.1, 0.15) is 42.6 Å². The number of hydrogen-bond donors (Lipinski definition) is 2. The smallest absolute Gasteiger partial charge is 0.251 e. The van der Waals surface area contributed by atoms with Gasteiger partial charge in [-0.1, -0.05) is 13.8 Å². The summed E-state index contributed by atoms with van der Waals surface area (Å²) in [7, 11) is 1.76. The van der Waals surface area contributed by atoms with Gasteiger partial charge in [-0.3, -0.25) is 9.59 Å². The van der Waals surface area contributed by atoms with Crippen molar-refractivity contribution in [3.8, 4) is 0 Å². The van der Waals surface area contributed by atoms with Crippen LogP contribution >= 0.6 is 0 Å². The van der Waals surface area contributed by atoms with E-state index >= 15 is 0 Å². The molecule has 1 unspecified atom stereocenters. The Morgan fingerprint density at radius 3 is 2.77 bits per heavy atom. The molecule has 0 saturated heterocycles. The minimum atomic E-state index is -0.400. The second kappa shape index (κ2) is 6.92. The van der Waals surface area contributed by atoms with Crippen LogP contribution in [0.4, 0.5) is 5.69 Å².